The van der Waals surface area contributed by atoms with Crippen molar-refractivity contribution >= 4 is 23.6 Å². The van der Waals surface area contributed by atoms with Gasteiger partial charge < -0.3 is 14.2 Å². The minimum Gasteiger partial charge on any atom is -0.459 e. The first-order chi connectivity index (χ1) is 17.1. The maximum atomic E-state index is 13.5. The summed E-state index contributed by atoms with van der Waals surface area (Å²) in [6.07, 6.45) is 4.78. The third-order valence-electron chi connectivity index (χ3n) is 5.63. The van der Waals surface area contributed by atoms with E-state index in [-0.39, 0.29) is 23.4 Å². The van der Waals surface area contributed by atoms with Crippen LogP contribution in [0.25, 0.3) is 17.1 Å². The lowest BCUT2D eigenvalue weighted by molar-refractivity contribution is -0.129. The van der Waals surface area contributed by atoms with E-state index in [1.54, 1.807) is 51.0 Å². The molecule has 4 aromatic rings. The number of benzene rings is 1. The fourth-order valence-corrected chi connectivity index (χ4v) is 4.66. The van der Waals surface area contributed by atoms with E-state index in [0.29, 0.717) is 48.6 Å². The van der Waals surface area contributed by atoms with Crippen molar-refractivity contribution in [1.82, 2.24) is 29.5 Å². The van der Waals surface area contributed by atoms with Gasteiger partial charge in [0.15, 0.2) is 16.7 Å². The molecular weight excluding hydrogens is 471 g/mol. The summed E-state index contributed by atoms with van der Waals surface area (Å²) in [4.78, 5) is 32.8. The van der Waals surface area contributed by atoms with E-state index < -0.39 is 0 Å². The van der Waals surface area contributed by atoms with E-state index >= 15 is 0 Å². The van der Waals surface area contributed by atoms with Gasteiger partial charge in [0.25, 0.3) is 5.91 Å². The first-order valence-electron chi connectivity index (χ1n) is 11.0. The van der Waals surface area contributed by atoms with Crippen molar-refractivity contribution in [3.8, 4) is 17.1 Å². The molecule has 178 valence electrons. The number of halogens is 1. The van der Waals surface area contributed by atoms with E-state index in [2.05, 4.69) is 15.2 Å². The van der Waals surface area contributed by atoms with Crippen molar-refractivity contribution in [3.63, 3.8) is 0 Å². The molecule has 1 aliphatic rings. The Balaban J connectivity index is 1.27. The van der Waals surface area contributed by atoms with Crippen molar-refractivity contribution < 1.29 is 18.4 Å². The number of carbonyl (C=O) groups is 2. The van der Waals surface area contributed by atoms with Crippen LogP contribution >= 0.6 is 11.8 Å². The summed E-state index contributed by atoms with van der Waals surface area (Å²) in [6, 6.07) is 13.0. The Bertz CT molecular complexity index is 1300. The third kappa shape index (κ3) is 4.94. The molecule has 1 aromatic carbocycles. The highest BCUT2D eigenvalue weighted by Gasteiger charge is 2.26. The van der Waals surface area contributed by atoms with Gasteiger partial charge in [0.2, 0.25) is 5.91 Å². The first kappa shape index (κ1) is 22.8. The highest BCUT2D eigenvalue weighted by Crippen LogP contribution is 2.28. The van der Waals surface area contributed by atoms with Crippen LogP contribution in [-0.2, 0) is 4.79 Å². The molecule has 0 atom stereocenters. The number of hydrogen-bond acceptors (Lipinski definition) is 7. The third-order valence-corrected chi connectivity index (χ3v) is 6.55. The van der Waals surface area contributed by atoms with E-state index in [1.807, 2.05) is 12.1 Å². The summed E-state index contributed by atoms with van der Waals surface area (Å²) in [6.45, 7) is 1.76. The summed E-state index contributed by atoms with van der Waals surface area (Å²) >= 11 is 1.26. The van der Waals surface area contributed by atoms with Crippen LogP contribution in [0.3, 0.4) is 0 Å². The number of thioether (sulfide) groups is 1. The van der Waals surface area contributed by atoms with Crippen LogP contribution in [0.5, 0.6) is 0 Å². The number of furan rings is 1. The molecule has 1 fully saturated rings. The molecule has 0 aliphatic carbocycles. The number of amides is 2. The average Bonchev–Trinajstić information content (AvgIpc) is 3.59. The smallest absolute Gasteiger partial charge is 0.289 e. The molecule has 0 N–H and O–H groups in total. The maximum Gasteiger partial charge on any atom is 0.289 e. The Kier molecular flexibility index (Phi) is 6.57. The molecule has 2 amide bonds. The Morgan fingerprint density at radius 3 is 2.34 bits per heavy atom. The van der Waals surface area contributed by atoms with E-state index in [0.717, 1.165) is 5.56 Å². The highest BCUT2D eigenvalue weighted by molar-refractivity contribution is 7.99. The Morgan fingerprint density at radius 1 is 0.943 bits per heavy atom. The number of piperazine rings is 1. The standard InChI is InChI=1S/C24H21FN6O3S/c25-18-3-5-19(6-4-18)31-22(17-7-9-26-10-8-17)27-28-24(31)35-16-21(32)29-11-13-30(14-12-29)23(33)20-2-1-15-34-20/h1-10,15H,11-14,16H2. The van der Waals surface area contributed by atoms with Crippen LogP contribution in [0.15, 0.2) is 76.8 Å². The zero-order valence-corrected chi connectivity index (χ0v) is 19.4. The van der Waals surface area contributed by atoms with Gasteiger partial charge in [0.1, 0.15) is 5.82 Å². The van der Waals surface area contributed by atoms with E-state index in [9.17, 15) is 14.0 Å². The Morgan fingerprint density at radius 2 is 1.66 bits per heavy atom. The van der Waals surface area contributed by atoms with Gasteiger partial charge in [-0.1, -0.05) is 11.8 Å². The quantitative estimate of drug-likeness (QED) is 0.382. The van der Waals surface area contributed by atoms with Gasteiger partial charge in [0, 0.05) is 49.8 Å². The molecule has 0 bridgehead atoms. The van der Waals surface area contributed by atoms with Crippen LogP contribution in [0.1, 0.15) is 10.6 Å². The molecule has 0 radical (unpaired) electrons. The van der Waals surface area contributed by atoms with Gasteiger partial charge >= 0.3 is 0 Å². The Hall–Kier alpha value is -3.99. The summed E-state index contributed by atoms with van der Waals surface area (Å²) in [7, 11) is 0. The van der Waals surface area contributed by atoms with Crippen molar-refractivity contribution in [2.75, 3.05) is 31.9 Å². The second-order valence-electron chi connectivity index (χ2n) is 7.79. The number of nitrogens with zero attached hydrogens (tertiary/aromatic N) is 6. The number of hydrogen-bond donors (Lipinski definition) is 0. The van der Waals surface area contributed by atoms with Gasteiger partial charge in [-0.15, -0.1) is 10.2 Å². The molecule has 3 aromatic heterocycles. The molecule has 0 unspecified atom stereocenters. The normalized spacial score (nSPS) is 13.7. The van der Waals surface area contributed by atoms with Crippen LogP contribution < -0.4 is 0 Å². The molecule has 11 heteroatoms. The van der Waals surface area contributed by atoms with E-state index in [1.165, 1.54) is 30.2 Å². The molecule has 0 spiro atoms. The average molecular weight is 493 g/mol. The summed E-state index contributed by atoms with van der Waals surface area (Å²) in [5, 5.41) is 9.14. The topological polar surface area (TPSA) is 97.4 Å². The number of rotatable bonds is 6. The lowest BCUT2D eigenvalue weighted by atomic mass is 10.2. The molecule has 4 heterocycles. The van der Waals surface area contributed by atoms with Gasteiger partial charge in [-0.3, -0.25) is 19.1 Å². The van der Waals surface area contributed by atoms with Crippen LogP contribution in [0.2, 0.25) is 0 Å². The first-order valence-corrected chi connectivity index (χ1v) is 11.9. The summed E-state index contributed by atoms with van der Waals surface area (Å²) in [5.41, 5.74) is 1.48. The lowest BCUT2D eigenvalue weighted by Gasteiger charge is -2.34. The molecular formula is C24H21FN6O3S. The zero-order chi connectivity index (χ0) is 24.2. The summed E-state index contributed by atoms with van der Waals surface area (Å²) < 4.78 is 20.5. The largest absolute Gasteiger partial charge is 0.459 e. The minimum atomic E-state index is -0.346. The van der Waals surface area contributed by atoms with Gasteiger partial charge in [0.05, 0.1) is 12.0 Å². The van der Waals surface area contributed by atoms with Gasteiger partial charge in [-0.05, 0) is 48.5 Å². The van der Waals surface area contributed by atoms with Crippen molar-refractivity contribution in [2.45, 2.75) is 5.16 Å². The molecule has 1 saturated heterocycles. The molecule has 9 nitrogen and oxygen atoms in total. The van der Waals surface area contributed by atoms with E-state index in [4.69, 9.17) is 4.42 Å². The molecule has 5 rings (SSSR count). The van der Waals surface area contributed by atoms with Crippen LogP contribution in [-0.4, -0.2) is 73.3 Å². The van der Waals surface area contributed by atoms with Crippen molar-refractivity contribution in [2.24, 2.45) is 0 Å². The SMILES string of the molecule is O=C(CSc1nnc(-c2ccncc2)n1-c1ccc(F)cc1)N1CCN(C(=O)c2ccco2)CC1. The number of carbonyl (C=O) groups excluding carboxylic acids is 2. The molecule has 35 heavy (non-hydrogen) atoms. The molecule has 0 saturated carbocycles. The zero-order valence-electron chi connectivity index (χ0n) is 18.6. The monoisotopic (exact) mass is 492 g/mol. The second kappa shape index (κ2) is 10.1. The predicted molar refractivity (Wildman–Crippen MR) is 126 cm³/mol. The number of pyridine rings is 1. The summed E-state index contributed by atoms with van der Waals surface area (Å²) in [5.74, 6) is 0.444. The minimum absolute atomic E-state index is 0.0563. The molecule has 1 aliphatic heterocycles. The Labute approximate surface area is 204 Å². The van der Waals surface area contributed by atoms with Crippen LogP contribution in [0.4, 0.5) is 4.39 Å². The van der Waals surface area contributed by atoms with Gasteiger partial charge in [-0.25, -0.2) is 4.39 Å². The maximum absolute atomic E-state index is 13.5. The predicted octanol–water partition coefficient (Wildman–Crippen LogP) is 3.14. The fraction of sp³-hybridized carbons (Fsp3) is 0.208. The van der Waals surface area contributed by atoms with Crippen molar-refractivity contribution in [1.29, 1.82) is 0 Å². The second-order valence-corrected chi connectivity index (χ2v) is 8.74. The highest BCUT2D eigenvalue weighted by atomic mass is 32.2. The van der Waals surface area contributed by atoms with Crippen LogP contribution in [0, 0.1) is 5.82 Å². The number of aromatic nitrogens is 4. The van der Waals surface area contributed by atoms with Gasteiger partial charge in [-0.2, -0.15) is 0 Å². The lowest BCUT2D eigenvalue weighted by Crippen LogP contribution is -2.51. The fourth-order valence-electron chi connectivity index (χ4n) is 3.81. The van der Waals surface area contributed by atoms with Crippen molar-refractivity contribution in [3.05, 3.63) is 78.8 Å².